The third-order valence-corrected chi connectivity index (χ3v) is 6.39. The number of carbonyl (C=O) groups is 1. The molecular weight excluding hydrogens is 436 g/mol. The van der Waals surface area contributed by atoms with Crippen molar-refractivity contribution in [2.24, 2.45) is 0 Å². The van der Waals surface area contributed by atoms with Crippen molar-refractivity contribution in [1.29, 1.82) is 0 Å². The number of hydrogen-bond acceptors (Lipinski definition) is 5. The van der Waals surface area contributed by atoms with Crippen LogP contribution in [0.2, 0.25) is 5.02 Å². The number of piperidine rings is 1. The van der Waals surface area contributed by atoms with Crippen LogP contribution in [0.5, 0.6) is 0 Å². The maximum absolute atomic E-state index is 13.1. The maximum Gasteiger partial charge on any atom is 0.258 e. The fourth-order valence-electron chi connectivity index (χ4n) is 4.31. The number of nitrogens with one attached hydrogen (secondary N) is 2. The molecule has 1 saturated heterocycles. The molecule has 1 aliphatic heterocycles. The van der Waals surface area contributed by atoms with Crippen molar-refractivity contribution in [3.05, 3.63) is 77.7 Å². The Morgan fingerprint density at radius 3 is 2.70 bits per heavy atom. The van der Waals surface area contributed by atoms with Gasteiger partial charge in [-0.25, -0.2) is 9.50 Å². The van der Waals surface area contributed by atoms with Crippen molar-refractivity contribution >= 4 is 34.5 Å². The molecule has 0 radical (unpaired) electrons. The van der Waals surface area contributed by atoms with Crippen LogP contribution in [0.4, 0.5) is 11.4 Å². The number of carbonyl (C=O) groups excluding carboxylic acids is 1. The zero-order valence-electron chi connectivity index (χ0n) is 18.3. The average molecular weight is 461 g/mol. The van der Waals surface area contributed by atoms with Crippen molar-refractivity contribution in [3.8, 4) is 11.1 Å². The van der Waals surface area contributed by atoms with E-state index in [-0.39, 0.29) is 5.91 Å². The molecule has 1 fully saturated rings. The summed E-state index contributed by atoms with van der Waals surface area (Å²) in [5, 5.41) is 11.5. The summed E-state index contributed by atoms with van der Waals surface area (Å²) in [6.07, 6.45) is 7.18. The minimum Gasteiger partial charge on any atom is -0.370 e. The van der Waals surface area contributed by atoms with Crippen molar-refractivity contribution in [2.75, 3.05) is 30.4 Å². The van der Waals surface area contributed by atoms with Gasteiger partial charge in [0.15, 0.2) is 5.65 Å². The lowest BCUT2D eigenvalue weighted by Gasteiger charge is -2.34. The number of fused-ring (bicyclic) bond motifs is 1. The second-order valence-corrected chi connectivity index (χ2v) is 8.64. The molecule has 2 N–H and O–H groups in total. The van der Waals surface area contributed by atoms with E-state index in [1.807, 2.05) is 49.5 Å². The number of halogens is 1. The monoisotopic (exact) mass is 460 g/mol. The molecule has 0 unspecified atom stereocenters. The largest absolute Gasteiger partial charge is 0.370 e. The van der Waals surface area contributed by atoms with Gasteiger partial charge in [-0.2, -0.15) is 5.10 Å². The van der Waals surface area contributed by atoms with Gasteiger partial charge >= 0.3 is 0 Å². The second-order valence-electron chi connectivity index (χ2n) is 8.20. The highest BCUT2D eigenvalue weighted by Crippen LogP contribution is 2.29. The minimum absolute atomic E-state index is 0.221. The van der Waals surface area contributed by atoms with Gasteiger partial charge in [0, 0.05) is 42.1 Å². The molecule has 4 aromatic rings. The third kappa shape index (κ3) is 4.42. The lowest BCUT2D eigenvalue weighted by molar-refractivity contribution is 0.102. The Balaban J connectivity index is 1.37. The predicted octanol–water partition coefficient (Wildman–Crippen LogP) is 4.49. The molecule has 1 aliphatic rings. The summed E-state index contributed by atoms with van der Waals surface area (Å²) in [6, 6.07) is 16.0. The van der Waals surface area contributed by atoms with Crippen LogP contribution >= 0.6 is 11.6 Å². The van der Waals surface area contributed by atoms with Crippen LogP contribution in [0.15, 0.2) is 67.1 Å². The molecular formula is C25H25ClN6O. The molecule has 168 valence electrons. The van der Waals surface area contributed by atoms with Crippen LogP contribution in [0, 0.1) is 0 Å². The number of anilines is 2. The van der Waals surface area contributed by atoms with E-state index >= 15 is 0 Å². The van der Waals surface area contributed by atoms with E-state index in [0.29, 0.717) is 22.3 Å². The van der Waals surface area contributed by atoms with Crippen molar-refractivity contribution in [2.45, 2.75) is 18.9 Å². The Morgan fingerprint density at radius 1 is 1.09 bits per heavy atom. The van der Waals surface area contributed by atoms with Crippen LogP contribution in [0.25, 0.3) is 16.8 Å². The second kappa shape index (κ2) is 9.21. The summed E-state index contributed by atoms with van der Waals surface area (Å²) in [4.78, 5) is 19.9. The number of aromatic nitrogens is 3. The fraction of sp³-hybridized carbons (Fsp3) is 0.240. The number of hydrogen-bond donors (Lipinski definition) is 2. The van der Waals surface area contributed by atoms with E-state index in [1.165, 1.54) is 0 Å². The first-order valence-corrected chi connectivity index (χ1v) is 11.4. The maximum atomic E-state index is 13.1. The first-order chi connectivity index (χ1) is 16.1. The highest BCUT2D eigenvalue weighted by molar-refractivity contribution is 6.30. The molecule has 8 heteroatoms. The summed E-state index contributed by atoms with van der Waals surface area (Å²) in [5.41, 5.74) is 4.73. The third-order valence-electron chi connectivity index (χ3n) is 6.15. The number of benzene rings is 2. The van der Waals surface area contributed by atoms with E-state index in [9.17, 15) is 4.79 Å². The molecule has 5 rings (SSSR count). The highest BCUT2D eigenvalue weighted by Gasteiger charge is 2.21. The van der Waals surface area contributed by atoms with Crippen LogP contribution in [-0.2, 0) is 0 Å². The van der Waals surface area contributed by atoms with Gasteiger partial charge in [0.05, 0.1) is 23.1 Å². The van der Waals surface area contributed by atoms with E-state index < -0.39 is 0 Å². The van der Waals surface area contributed by atoms with Gasteiger partial charge in [0.1, 0.15) is 0 Å². The van der Waals surface area contributed by atoms with Crippen LogP contribution in [-0.4, -0.2) is 46.7 Å². The normalized spacial score (nSPS) is 14.5. The quantitative estimate of drug-likeness (QED) is 0.459. The van der Waals surface area contributed by atoms with Crippen LogP contribution in [0.1, 0.15) is 23.2 Å². The van der Waals surface area contributed by atoms with E-state index in [1.54, 1.807) is 23.1 Å². The summed E-state index contributed by atoms with van der Waals surface area (Å²) >= 11 is 6.13. The molecule has 0 saturated carbocycles. The molecule has 7 nitrogen and oxygen atoms in total. The molecule has 0 spiro atoms. The van der Waals surface area contributed by atoms with Crippen LogP contribution in [0.3, 0.4) is 0 Å². The lowest BCUT2D eigenvalue weighted by Crippen LogP contribution is -2.41. The zero-order valence-corrected chi connectivity index (χ0v) is 19.1. The predicted molar refractivity (Wildman–Crippen MR) is 132 cm³/mol. The molecule has 33 heavy (non-hydrogen) atoms. The molecule has 3 heterocycles. The molecule has 1 amide bonds. The Kier molecular flexibility index (Phi) is 5.98. The average Bonchev–Trinajstić information content (AvgIpc) is 3.28. The number of amides is 1. The molecule has 2 aromatic heterocycles. The van der Waals surface area contributed by atoms with Gasteiger partial charge in [-0.05, 0) is 49.7 Å². The highest BCUT2D eigenvalue weighted by atomic mass is 35.5. The van der Waals surface area contributed by atoms with Crippen molar-refractivity contribution in [1.82, 2.24) is 19.9 Å². The Morgan fingerprint density at radius 2 is 1.91 bits per heavy atom. The van der Waals surface area contributed by atoms with Gasteiger partial charge < -0.3 is 15.5 Å². The van der Waals surface area contributed by atoms with Gasteiger partial charge in [-0.15, -0.1) is 0 Å². The summed E-state index contributed by atoms with van der Waals surface area (Å²) in [7, 11) is 2.01. The van der Waals surface area contributed by atoms with Gasteiger partial charge in [0.2, 0.25) is 0 Å². The Labute approximate surface area is 197 Å². The standard InChI is InChI=1S/C25H25ClN6O/c1-27-20-9-11-31(12-10-20)23-8-3-2-7-22(23)30-25(33)18-14-28-24-21(15-29-32(24)16-18)17-5-4-6-19(26)13-17/h2-8,13-16,20,27H,9-12H2,1H3,(H,30,33). The zero-order chi connectivity index (χ0) is 22.8. The van der Waals surface area contributed by atoms with E-state index in [0.717, 1.165) is 48.4 Å². The summed E-state index contributed by atoms with van der Waals surface area (Å²) in [6.45, 7) is 1.90. The Bertz CT molecular complexity index is 1300. The molecule has 0 bridgehead atoms. The summed E-state index contributed by atoms with van der Waals surface area (Å²) < 4.78 is 1.62. The first kappa shape index (κ1) is 21.4. The molecule has 2 aromatic carbocycles. The van der Waals surface area contributed by atoms with Crippen molar-refractivity contribution < 1.29 is 4.79 Å². The molecule has 0 aliphatic carbocycles. The lowest BCUT2D eigenvalue weighted by atomic mass is 10.0. The van der Waals surface area contributed by atoms with E-state index in [4.69, 9.17) is 11.6 Å². The first-order valence-electron chi connectivity index (χ1n) is 11.0. The van der Waals surface area contributed by atoms with Crippen molar-refractivity contribution in [3.63, 3.8) is 0 Å². The van der Waals surface area contributed by atoms with Gasteiger partial charge in [0.25, 0.3) is 5.91 Å². The fourth-order valence-corrected chi connectivity index (χ4v) is 4.50. The number of rotatable bonds is 5. The van der Waals surface area contributed by atoms with Gasteiger partial charge in [-0.1, -0.05) is 35.9 Å². The minimum atomic E-state index is -0.221. The Hall–Kier alpha value is -3.42. The topological polar surface area (TPSA) is 74.6 Å². The molecule has 0 atom stereocenters. The van der Waals surface area contributed by atoms with Gasteiger partial charge in [-0.3, -0.25) is 4.79 Å². The number of nitrogens with zero attached hydrogens (tertiary/aromatic N) is 4. The smallest absolute Gasteiger partial charge is 0.258 e. The number of para-hydroxylation sites is 2. The summed E-state index contributed by atoms with van der Waals surface area (Å²) in [5.74, 6) is -0.221. The SMILES string of the molecule is CNC1CCN(c2ccccc2NC(=O)c2cnc3c(-c4cccc(Cl)c4)cnn3c2)CC1. The van der Waals surface area contributed by atoms with E-state index in [2.05, 4.69) is 31.7 Å². The van der Waals surface area contributed by atoms with Crippen LogP contribution < -0.4 is 15.5 Å².